The Bertz CT molecular complexity index is 479. The Morgan fingerprint density at radius 1 is 1.33 bits per heavy atom. The van der Waals surface area contributed by atoms with E-state index >= 15 is 0 Å². The van der Waals surface area contributed by atoms with E-state index in [0.717, 1.165) is 12.5 Å². The van der Waals surface area contributed by atoms with Crippen LogP contribution >= 0.6 is 0 Å². The van der Waals surface area contributed by atoms with Gasteiger partial charge in [-0.1, -0.05) is 20.3 Å². The number of Topliss-reactive ketones (excluding diaryl/α,β-unsaturated/α-hetero) is 1. The van der Waals surface area contributed by atoms with Crippen LogP contribution in [0.3, 0.4) is 0 Å². The quantitative estimate of drug-likeness (QED) is 0.551. The molecule has 0 aromatic heterocycles. The normalized spacial score (nSPS) is 12.1. The van der Waals surface area contributed by atoms with E-state index in [0.29, 0.717) is 0 Å². The minimum atomic E-state index is -0.671. The van der Waals surface area contributed by atoms with Crippen LogP contribution in [0.15, 0.2) is 6.07 Å². The molecule has 0 aliphatic heterocycles. The molecule has 1 atom stereocenters. The molecule has 18 heavy (non-hydrogen) atoms. The van der Waals surface area contributed by atoms with Gasteiger partial charge in [0.05, 0.1) is 5.56 Å². The van der Waals surface area contributed by atoms with Crippen molar-refractivity contribution in [1.82, 2.24) is 0 Å². The maximum Gasteiger partial charge on any atom is 0.170 e. The molecule has 1 aromatic rings. The second-order valence-corrected chi connectivity index (χ2v) is 4.31. The van der Waals surface area contributed by atoms with Gasteiger partial charge in [-0.25, -0.2) is 0 Å². The summed E-state index contributed by atoms with van der Waals surface area (Å²) in [7, 11) is 0. The van der Waals surface area contributed by atoms with Crippen molar-refractivity contribution in [3.63, 3.8) is 0 Å². The van der Waals surface area contributed by atoms with Crippen LogP contribution in [0.1, 0.15) is 47.4 Å². The van der Waals surface area contributed by atoms with Gasteiger partial charge in [0, 0.05) is 12.5 Å². The maximum absolute atomic E-state index is 11.9. The molecule has 0 heterocycles. The number of hydrogen-bond acceptors (Lipinski definition) is 5. The Balaban J connectivity index is 3.24. The zero-order valence-corrected chi connectivity index (χ0v) is 10.3. The molecule has 5 heteroatoms. The molecule has 98 valence electrons. The van der Waals surface area contributed by atoms with Crippen molar-refractivity contribution in [3.8, 4) is 17.2 Å². The van der Waals surface area contributed by atoms with Crippen LogP contribution in [0.25, 0.3) is 0 Å². The van der Waals surface area contributed by atoms with E-state index in [1.54, 1.807) is 0 Å². The summed E-state index contributed by atoms with van der Waals surface area (Å²) in [5.41, 5.74) is -0.699. The third-order valence-corrected chi connectivity index (χ3v) is 2.92. The number of aromatic hydroxyl groups is 3. The summed E-state index contributed by atoms with van der Waals surface area (Å²) in [5.74, 6) is -2.10. The molecule has 0 saturated heterocycles. The van der Waals surface area contributed by atoms with Crippen LogP contribution < -0.4 is 0 Å². The zero-order valence-electron chi connectivity index (χ0n) is 10.3. The van der Waals surface area contributed by atoms with Crippen molar-refractivity contribution in [2.24, 2.45) is 5.92 Å². The molecule has 0 amide bonds. The largest absolute Gasteiger partial charge is 0.507 e. The molecular formula is C13H16O5. The van der Waals surface area contributed by atoms with Crippen LogP contribution in [-0.4, -0.2) is 27.4 Å². The second-order valence-electron chi connectivity index (χ2n) is 4.31. The van der Waals surface area contributed by atoms with Crippen LogP contribution in [0.4, 0.5) is 0 Å². The van der Waals surface area contributed by atoms with Gasteiger partial charge in [-0.15, -0.1) is 0 Å². The van der Waals surface area contributed by atoms with E-state index in [1.165, 1.54) is 0 Å². The van der Waals surface area contributed by atoms with E-state index in [2.05, 4.69) is 0 Å². The van der Waals surface area contributed by atoms with Gasteiger partial charge in [-0.3, -0.25) is 9.59 Å². The van der Waals surface area contributed by atoms with Gasteiger partial charge in [0.2, 0.25) is 0 Å². The fraction of sp³-hybridized carbons (Fsp3) is 0.385. The smallest absolute Gasteiger partial charge is 0.170 e. The third-order valence-electron chi connectivity index (χ3n) is 2.92. The van der Waals surface area contributed by atoms with Crippen LogP contribution in [-0.2, 0) is 0 Å². The number of hydrogen-bond donors (Lipinski definition) is 3. The molecule has 0 radical (unpaired) electrons. The van der Waals surface area contributed by atoms with Crippen molar-refractivity contribution >= 4 is 12.1 Å². The summed E-state index contributed by atoms with van der Waals surface area (Å²) in [6, 6.07) is 0.882. The highest BCUT2D eigenvalue weighted by molar-refractivity contribution is 6.04. The lowest BCUT2D eigenvalue weighted by atomic mass is 9.95. The average molecular weight is 252 g/mol. The molecular weight excluding hydrogens is 236 g/mol. The first-order valence-corrected chi connectivity index (χ1v) is 5.68. The van der Waals surface area contributed by atoms with Gasteiger partial charge in [-0.05, 0) is 5.92 Å². The number of aldehydes is 1. The fourth-order valence-corrected chi connectivity index (χ4v) is 1.61. The first-order chi connectivity index (χ1) is 8.42. The number of rotatable bonds is 5. The van der Waals surface area contributed by atoms with Gasteiger partial charge in [0.15, 0.2) is 12.1 Å². The molecule has 1 rings (SSSR count). The van der Waals surface area contributed by atoms with E-state index < -0.39 is 23.0 Å². The highest BCUT2D eigenvalue weighted by Gasteiger charge is 2.23. The molecule has 5 nitrogen and oxygen atoms in total. The summed E-state index contributed by atoms with van der Waals surface area (Å²) >= 11 is 0. The Morgan fingerprint density at radius 2 is 1.94 bits per heavy atom. The molecule has 0 aliphatic rings. The molecule has 1 aromatic carbocycles. The number of carbonyl (C=O) groups is 2. The van der Waals surface area contributed by atoms with E-state index in [4.69, 9.17) is 0 Å². The Hall–Kier alpha value is -2.04. The second kappa shape index (κ2) is 5.53. The highest BCUT2D eigenvalue weighted by Crippen LogP contribution is 2.37. The van der Waals surface area contributed by atoms with Gasteiger partial charge in [-0.2, -0.15) is 0 Å². The molecule has 0 spiro atoms. The molecule has 1 unspecified atom stereocenters. The molecule has 0 aliphatic carbocycles. The first-order valence-electron chi connectivity index (χ1n) is 5.68. The van der Waals surface area contributed by atoms with Gasteiger partial charge in [0.1, 0.15) is 22.8 Å². The minimum Gasteiger partial charge on any atom is -0.507 e. The predicted molar refractivity (Wildman–Crippen MR) is 65.2 cm³/mol. The lowest BCUT2D eigenvalue weighted by Gasteiger charge is -2.12. The van der Waals surface area contributed by atoms with Crippen LogP contribution in [0.2, 0.25) is 0 Å². The standard InChI is InChI=1S/C13H16O5/c1-3-7(2)4-10(16)12-11(17)5-9(15)8(6-14)13(12)18/h5-7,15,17-18H,3-4H2,1-2H3. The summed E-state index contributed by atoms with van der Waals surface area (Å²) in [6.07, 6.45) is 1.18. The van der Waals surface area contributed by atoms with E-state index in [1.807, 2.05) is 13.8 Å². The van der Waals surface area contributed by atoms with Gasteiger partial charge in [0.25, 0.3) is 0 Å². The molecule has 0 saturated carbocycles. The van der Waals surface area contributed by atoms with Gasteiger partial charge >= 0.3 is 0 Å². The van der Waals surface area contributed by atoms with E-state index in [-0.39, 0.29) is 29.8 Å². The molecule has 0 fully saturated rings. The Kier molecular flexibility index (Phi) is 4.31. The number of phenols is 3. The lowest BCUT2D eigenvalue weighted by molar-refractivity contribution is 0.0958. The maximum atomic E-state index is 11.9. The molecule has 0 bridgehead atoms. The van der Waals surface area contributed by atoms with Crippen molar-refractivity contribution < 1.29 is 24.9 Å². The van der Waals surface area contributed by atoms with E-state index in [9.17, 15) is 24.9 Å². The van der Waals surface area contributed by atoms with Crippen LogP contribution in [0.5, 0.6) is 17.2 Å². The summed E-state index contributed by atoms with van der Waals surface area (Å²) in [6.45, 7) is 3.79. The van der Waals surface area contributed by atoms with Gasteiger partial charge < -0.3 is 15.3 Å². The summed E-state index contributed by atoms with van der Waals surface area (Å²) in [5, 5.41) is 28.7. The summed E-state index contributed by atoms with van der Waals surface area (Å²) in [4.78, 5) is 22.6. The van der Waals surface area contributed by atoms with Crippen molar-refractivity contribution in [2.45, 2.75) is 26.7 Å². The number of phenolic OH excluding ortho intramolecular Hbond substituents is 3. The topological polar surface area (TPSA) is 94.8 Å². The average Bonchev–Trinajstić information content (AvgIpc) is 2.28. The Labute approximate surface area is 105 Å². The minimum absolute atomic E-state index is 0.102. The fourth-order valence-electron chi connectivity index (χ4n) is 1.61. The van der Waals surface area contributed by atoms with Crippen molar-refractivity contribution in [2.75, 3.05) is 0 Å². The Morgan fingerprint density at radius 3 is 2.44 bits per heavy atom. The van der Waals surface area contributed by atoms with Crippen molar-refractivity contribution in [1.29, 1.82) is 0 Å². The predicted octanol–water partition coefficient (Wildman–Crippen LogP) is 2.23. The van der Waals surface area contributed by atoms with Crippen molar-refractivity contribution in [3.05, 3.63) is 17.2 Å². The summed E-state index contributed by atoms with van der Waals surface area (Å²) < 4.78 is 0. The van der Waals surface area contributed by atoms with Crippen LogP contribution in [0, 0.1) is 5.92 Å². The monoisotopic (exact) mass is 252 g/mol. The zero-order chi connectivity index (χ0) is 13.9. The lowest BCUT2D eigenvalue weighted by Crippen LogP contribution is -2.07. The number of carbonyl (C=O) groups excluding carboxylic acids is 2. The SMILES string of the molecule is CCC(C)CC(=O)c1c(O)cc(O)c(C=O)c1O. The first kappa shape index (κ1) is 14.0. The third kappa shape index (κ3) is 2.61. The number of ketones is 1. The number of benzene rings is 1. The molecule has 3 N–H and O–H groups in total. The highest BCUT2D eigenvalue weighted by atomic mass is 16.3.